The summed E-state index contributed by atoms with van der Waals surface area (Å²) in [5.41, 5.74) is 3.09. The molecule has 0 spiro atoms. The van der Waals surface area contributed by atoms with Gasteiger partial charge in [-0.15, -0.1) is 0 Å². The number of hydrogen-bond donors (Lipinski definition) is 1. The van der Waals surface area contributed by atoms with Crippen LogP contribution in [0.4, 0.5) is 5.69 Å². The lowest BCUT2D eigenvalue weighted by atomic mass is 10.0. The van der Waals surface area contributed by atoms with Gasteiger partial charge in [0.05, 0.1) is 12.2 Å². The second-order valence-electron chi connectivity index (χ2n) is 6.84. The Morgan fingerprint density at radius 3 is 2.82 bits per heavy atom. The molecule has 0 bridgehead atoms. The lowest BCUT2D eigenvalue weighted by Crippen LogP contribution is -2.48. The Morgan fingerprint density at radius 2 is 2.04 bits per heavy atom. The van der Waals surface area contributed by atoms with E-state index in [2.05, 4.69) is 17.1 Å². The quantitative estimate of drug-likeness (QED) is 0.707. The predicted octanol–water partition coefficient (Wildman–Crippen LogP) is 2.87. The first-order valence-electron chi connectivity index (χ1n) is 9.37. The molecule has 0 saturated heterocycles. The van der Waals surface area contributed by atoms with Crippen LogP contribution in [0.3, 0.4) is 0 Å². The number of hydrogen-bond acceptors (Lipinski definition) is 5. The van der Waals surface area contributed by atoms with Crippen molar-refractivity contribution in [2.24, 2.45) is 0 Å². The summed E-state index contributed by atoms with van der Waals surface area (Å²) in [7, 11) is 1.60. The smallest absolute Gasteiger partial charge is 0.336 e. The van der Waals surface area contributed by atoms with Gasteiger partial charge in [0.15, 0.2) is 6.10 Å². The van der Waals surface area contributed by atoms with Crippen molar-refractivity contribution in [2.45, 2.75) is 26.0 Å². The molecule has 6 nitrogen and oxygen atoms in total. The fourth-order valence-electron chi connectivity index (χ4n) is 3.58. The van der Waals surface area contributed by atoms with Gasteiger partial charge in [0.1, 0.15) is 11.3 Å². The summed E-state index contributed by atoms with van der Waals surface area (Å²) >= 11 is 0. The summed E-state index contributed by atoms with van der Waals surface area (Å²) in [6.45, 7) is 2.93. The number of carbonyl (C=O) groups is 1. The van der Waals surface area contributed by atoms with Crippen LogP contribution in [0.1, 0.15) is 18.1 Å². The number of ether oxygens (including phenoxy) is 1. The van der Waals surface area contributed by atoms with E-state index in [0.29, 0.717) is 24.4 Å². The van der Waals surface area contributed by atoms with E-state index in [1.165, 1.54) is 6.07 Å². The van der Waals surface area contributed by atoms with Crippen LogP contribution >= 0.6 is 0 Å². The number of likely N-dealkylation sites (N-methyl/N-ethyl adjacent to an activating group) is 1. The van der Waals surface area contributed by atoms with Crippen LogP contribution < -0.4 is 20.6 Å². The number of aryl methyl sites for hydroxylation is 1. The number of amides is 1. The summed E-state index contributed by atoms with van der Waals surface area (Å²) in [6.07, 6.45) is 0.257. The van der Waals surface area contributed by atoms with Crippen molar-refractivity contribution in [3.8, 4) is 5.75 Å². The van der Waals surface area contributed by atoms with Crippen LogP contribution in [-0.2, 0) is 17.8 Å². The van der Waals surface area contributed by atoms with Crippen LogP contribution in [0.2, 0.25) is 0 Å². The van der Waals surface area contributed by atoms with E-state index in [1.807, 2.05) is 42.5 Å². The van der Waals surface area contributed by atoms with Crippen molar-refractivity contribution in [2.75, 3.05) is 18.5 Å². The Labute approximate surface area is 162 Å². The van der Waals surface area contributed by atoms with Gasteiger partial charge < -0.3 is 19.4 Å². The lowest BCUT2D eigenvalue weighted by molar-refractivity contribution is -0.127. The number of nitrogens with one attached hydrogen (secondary N) is 1. The van der Waals surface area contributed by atoms with Crippen molar-refractivity contribution in [3.63, 3.8) is 0 Å². The maximum Gasteiger partial charge on any atom is 0.336 e. The third-order valence-corrected chi connectivity index (χ3v) is 5.06. The Balaban J connectivity index is 1.75. The minimum absolute atomic E-state index is 0.176. The molecule has 1 N–H and O–H groups in total. The molecule has 1 amide bonds. The third kappa shape index (κ3) is 3.33. The van der Waals surface area contributed by atoms with Crippen LogP contribution in [0, 0.1) is 0 Å². The molecule has 0 unspecified atom stereocenters. The maximum atomic E-state index is 12.2. The molecule has 1 aromatic heterocycles. The van der Waals surface area contributed by atoms with E-state index in [9.17, 15) is 9.59 Å². The molecule has 4 rings (SSSR count). The van der Waals surface area contributed by atoms with Crippen LogP contribution in [0.25, 0.3) is 11.0 Å². The molecular formula is C22H22N2O4. The average Bonchev–Trinajstić information content (AvgIpc) is 2.72. The van der Waals surface area contributed by atoms with Gasteiger partial charge >= 0.3 is 5.63 Å². The molecule has 0 radical (unpaired) electrons. The van der Waals surface area contributed by atoms with Crippen molar-refractivity contribution in [1.29, 1.82) is 0 Å². The van der Waals surface area contributed by atoms with Gasteiger partial charge in [0, 0.05) is 25.0 Å². The van der Waals surface area contributed by atoms with Gasteiger partial charge in [0.25, 0.3) is 5.91 Å². The molecule has 6 heteroatoms. The monoisotopic (exact) mass is 378 g/mol. The number of fused-ring (bicyclic) bond motifs is 2. The van der Waals surface area contributed by atoms with E-state index >= 15 is 0 Å². The molecule has 144 valence electrons. The highest BCUT2D eigenvalue weighted by Gasteiger charge is 2.30. The molecule has 2 aromatic carbocycles. The van der Waals surface area contributed by atoms with E-state index in [4.69, 9.17) is 9.15 Å². The fourth-order valence-corrected chi connectivity index (χ4v) is 3.58. The zero-order valence-corrected chi connectivity index (χ0v) is 15.9. The summed E-state index contributed by atoms with van der Waals surface area (Å²) < 4.78 is 11.3. The second kappa shape index (κ2) is 7.38. The minimum atomic E-state index is -0.613. The first kappa shape index (κ1) is 18.1. The molecule has 3 aromatic rings. The maximum absolute atomic E-state index is 12.2. The van der Waals surface area contributed by atoms with Crippen molar-refractivity contribution >= 4 is 22.6 Å². The number of para-hydroxylation sites is 2. The minimum Gasteiger partial charge on any atom is -0.477 e. The molecule has 1 aliphatic heterocycles. The summed E-state index contributed by atoms with van der Waals surface area (Å²) in [5.74, 6) is 0.479. The SMILES string of the molecule is CCc1ccc2c(CN3C[C@@H](C(=O)NC)Oc4ccccc43)cc(=O)oc2c1. The number of rotatable bonds is 4. The number of carbonyl (C=O) groups excluding carboxylic acids is 1. The molecule has 28 heavy (non-hydrogen) atoms. The van der Waals surface area contributed by atoms with Gasteiger partial charge in [0.2, 0.25) is 0 Å². The normalized spacial score (nSPS) is 15.8. The Morgan fingerprint density at radius 1 is 1.21 bits per heavy atom. The van der Waals surface area contributed by atoms with E-state index in [1.54, 1.807) is 7.05 Å². The van der Waals surface area contributed by atoms with E-state index in [0.717, 1.165) is 28.6 Å². The van der Waals surface area contributed by atoms with Gasteiger partial charge in [-0.05, 0) is 35.7 Å². The topological polar surface area (TPSA) is 71.8 Å². The predicted molar refractivity (Wildman–Crippen MR) is 108 cm³/mol. The van der Waals surface area contributed by atoms with Crippen LogP contribution in [-0.4, -0.2) is 25.6 Å². The standard InChI is InChI=1S/C22H22N2O4/c1-3-14-8-9-16-15(11-21(25)28-19(16)10-14)12-24-13-20(22(26)23-2)27-18-7-5-4-6-17(18)24/h4-11,20H,3,12-13H2,1-2H3,(H,23,26)/t20-/m0/s1. The number of nitrogens with zero attached hydrogens (tertiary/aromatic N) is 1. The summed E-state index contributed by atoms with van der Waals surface area (Å²) in [4.78, 5) is 26.4. The molecule has 0 fully saturated rings. The first-order valence-corrected chi connectivity index (χ1v) is 9.37. The molecule has 2 heterocycles. The first-order chi connectivity index (χ1) is 13.6. The van der Waals surface area contributed by atoms with Gasteiger partial charge in [-0.2, -0.15) is 0 Å². The Hall–Kier alpha value is -3.28. The van der Waals surface area contributed by atoms with Crippen LogP contribution in [0.15, 0.2) is 57.7 Å². The molecule has 1 atom stereocenters. The average molecular weight is 378 g/mol. The van der Waals surface area contributed by atoms with Gasteiger partial charge in [-0.25, -0.2) is 4.79 Å². The van der Waals surface area contributed by atoms with Crippen molar-refractivity contribution in [3.05, 3.63) is 70.1 Å². The second-order valence-corrected chi connectivity index (χ2v) is 6.84. The number of benzene rings is 2. The summed E-state index contributed by atoms with van der Waals surface area (Å²) in [5, 5.41) is 3.55. The molecule has 1 aliphatic rings. The highest BCUT2D eigenvalue weighted by Crippen LogP contribution is 2.34. The third-order valence-electron chi connectivity index (χ3n) is 5.06. The van der Waals surface area contributed by atoms with Crippen LogP contribution in [0.5, 0.6) is 5.75 Å². The Kier molecular flexibility index (Phi) is 4.77. The zero-order valence-electron chi connectivity index (χ0n) is 15.9. The highest BCUT2D eigenvalue weighted by atomic mass is 16.5. The molecule has 0 saturated carbocycles. The fraction of sp³-hybridized carbons (Fsp3) is 0.273. The van der Waals surface area contributed by atoms with E-state index in [-0.39, 0.29) is 11.5 Å². The van der Waals surface area contributed by atoms with Gasteiger partial charge in [-0.3, -0.25) is 4.79 Å². The lowest BCUT2D eigenvalue weighted by Gasteiger charge is -2.35. The summed E-state index contributed by atoms with van der Waals surface area (Å²) in [6, 6.07) is 15.1. The van der Waals surface area contributed by atoms with E-state index < -0.39 is 6.10 Å². The number of anilines is 1. The largest absolute Gasteiger partial charge is 0.477 e. The zero-order chi connectivity index (χ0) is 19.7. The Bertz CT molecular complexity index is 1090. The highest BCUT2D eigenvalue weighted by molar-refractivity contribution is 5.84. The molecule has 0 aliphatic carbocycles. The van der Waals surface area contributed by atoms with Gasteiger partial charge in [-0.1, -0.05) is 31.2 Å². The van der Waals surface area contributed by atoms with Crippen molar-refractivity contribution < 1.29 is 13.9 Å². The van der Waals surface area contributed by atoms with Crippen molar-refractivity contribution in [1.82, 2.24) is 5.32 Å². The molecular weight excluding hydrogens is 356 g/mol.